The van der Waals surface area contributed by atoms with Crippen molar-refractivity contribution in [1.29, 1.82) is 0 Å². The average molecular weight is 385 g/mol. The first-order chi connectivity index (χ1) is 12.8. The third kappa shape index (κ3) is 14.9. The third-order valence-corrected chi connectivity index (χ3v) is 5.34. The zero-order valence-electron chi connectivity index (χ0n) is 19.1. The van der Waals surface area contributed by atoms with Gasteiger partial charge in [-0.05, 0) is 46.7 Å². The lowest BCUT2D eigenvalue weighted by Gasteiger charge is -2.35. The van der Waals surface area contributed by atoms with E-state index in [1.165, 1.54) is 77.0 Å². The van der Waals surface area contributed by atoms with Gasteiger partial charge in [-0.1, -0.05) is 78.1 Å². The van der Waals surface area contributed by atoms with E-state index in [9.17, 15) is 9.90 Å². The quantitative estimate of drug-likeness (QED) is 0.281. The molecule has 0 rings (SSSR count). The third-order valence-electron chi connectivity index (χ3n) is 5.34. The van der Waals surface area contributed by atoms with Crippen LogP contribution < -0.4 is 0 Å². The molecule has 1 N–H and O–H groups in total. The monoisotopic (exact) mass is 384 g/mol. The normalized spacial score (nSPS) is 11.9. The van der Waals surface area contributed by atoms with Crippen molar-refractivity contribution in [2.24, 2.45) is 0 Å². The fourth-order valence-electron chi connectivity index (χ4n) is 3.53. The molecule has 0 fully saturated rings. The van der Waals surface area contributed by atoms with Gasteiger partial charge in [-0.2, -0.15) is 0 Å². The van der Waals surface area contributed by atoms with Crippen LogP contribution >= 0.6 is 0 Å². The summed E-state index contributed by atoms with van der Waals surface area (Å²) in [7, 11) is 0. The number of hydrogen-bond donors (Lipinski definition) is 1. The highest BCUT2D eigenvalue weighted by molar-refractivity contribution is 5.65. The molecule has 0 unspecified atom stereocenters. The maximum Gasteiger partial charge on any atom is 0.407 e. The standard InChI is InChI=1S/C23H48N2O2/c1-6-8-10-12-14-16-18-24(19-17-15-13-11-9-7-2)20-21-25(22(26)27)23(3,4)5/h6-21H2,1-5H3,(H,26,27). The van der Waals surface area contributed by atoms with Crippen LogP contribution in [-0.2, 0) is 0 Å². The Hall–Kier alpha value is -0.770. The lowest BCUT2D eigenvalue weighted by Crippen LogP contribution is -2.48. The van der Waals surface area contributed by atoms with Crippen LogP contribution in [-0.4, -0.2) is 52.7 Å². The molecule has 0 atom stereocenters. The Morgan fingerprint density at radius 3 is 1.44 bits per heavy atom. The molecule has 4 heteroatoms. The number of hydrogen-bond acceptors (Lipinski definition) is 2. The number of rotatable bonds is 17. The molecule has 0 aliphatic carbocycles. The number of amides is 1. The number of carbonyl (C=O) groups is 1. The SMILES string of the molecule is CCCCCCCCN(CCCCCCCC)CCN(C(=O)O)C(C)(C)C. The highest BCUT2D eigenvalue weighted by Gasteiger charge is 2.26. The zero-order valence-corrected chi connectivity index (χ0v) is 19.1. The van der Waals surface area contributed by atoms with Gasteiger partial charge in [-0.25, -0.2) is 4.79 Å². The second-order valence-corrected chi connectivity index (χ2v) is 8.98. The minimum absolute atomic E-state index is 0.336. The maximum atomic E-state index is 11.6. The topological polar surface area (TPSA) is 43.8 Å². The van der Waals surface area contributed by atoms with Crippen molar-refractivity contribution in [2.75, 3.05) is 26.2 Å². The number of unbranched alkanes of at least 4 members (excludes halogenated alkanes) is 10. The van der Waals surface area contributed by atoms with E-state index in [1.54, 1.807) is 4.90 Å². The van der Waals surface area contributed by atoms with Crippen LogP contribution in [0.15, 0.2) is 0 Å². The van der Waals surface area contributed by atoms with Gasteiger partial charge in [0, 0.05) is 18.6 Å². The van der Waals surface area contributed by atoms with Gasteiger partial charge in [0.25, 0.3) is 0 Å². The molecule has 0 heterocycles. The number of carboxylic acid groups (broad SMARTS) is 1. The fourth-order valence-corrected chi connectivity index (χ4v) is 3.53. The molecule has 0 saturated carbocycles. The summed E-state index contributed by atoms with van der Waals surface area (Å²) in [5.41, 5.74) is -0.336. The van der Waals surface area contributed by atoms with Crippen molar-refractivity contribution in [1.82, 2.24) is 9.80 Å². The summed E-state index contributed by atoms with van der Waals surface area (Å²) in [5, 5.41) is 9.52. The summed E-state index contributed by atoms with van der Waals surface area (Å²) < 4.78 is 0. The van der Waals surface area contributed by atoms with Gasteiger partial charge in [0.05, 0.1) is 0 Å². The molecule has 0 aliphatic heterocycles. The van der Waals surface area contributed by atoms with E-state index >= 15 is 0 Å². The van der Waals surface area contributed by atoms with E-state index in [2.05, 4.69) is 18.7 Å². The lowest BCUT2D eigenvalue weighted by molar-refractivity contribution is 0.0903. The first-order valence-electron chi connectivity index (χ1n) is 11.6. The van der Waals surface area contributed by atoms with Gasteiger partial charge >= 0.3 is 6.09 Å². The Morgan fingerprint density at radius 1 is 0.667 bits per heavy atom. The largest absolute Gasteiger partial charge is 0.465 e. The van der Waals surface area contributed by atoms with Gasteiger partial charge in [0.15, 0.2) is 0 Å². The van der Waals surface area contributed by atoms with Crippen molar-refractivity contribution in [3.8, 4) is 0 Å². The minimum atomic E-state index is -0.804. The van der Waals surface area contributed by atoms with Crippen LogP contribution in [0, 0.1) is 0 Å². The second kappa shape index (κ2) is 16.2. The first kappa shape index (κ1) is 26.2. The molecule has 0 spiro atoms. The summed E-state index contributed by atoms with van der Waals surface area (Å²) in [6, 6.07) is 0. The summed E-state index contributed by atoms with van der Waals surface area (Å²) in [5.74, 6) is 0. The van der Waals surface area contributed by atoms with Crippen LogP contribution in [0.5, 0.6) is 0 Å². The van der Waals surface area contributed by atoms with Crippen LogP contribution in [0.4, 0.5) is 4.79 Å². The van der Waals surface area contributed by atoms with Gasteiger partial charge in [-0.3, -0.25) is 0 Å². The minimum Gasteiger partial charge on any atom is -0.465 e. The van der Waals surface area contributed by atoms with Crippen molar-refractivity contribution in [3.05, 3.63) is 0 Å². The smallest absolute Gasteiger partial charge is 0.407 e. The van der Waals surface area contributed by atoms with Crippen molar-refractivity contribution in [2.45, 2.75) is 117 Å². The Morgan fingerprint density at radius 2 is 1.07 bits per heavy atom. The van der Waals surface area contributed by atoms with E-state index in [4.69, 9.17) is 0 Å². The van der Waals surface area contributed by atoms with Crippen LogP contribution in [0.1, 0.15) is 112 Å². The lowest BCUT2D eigenvalue weighted by atomic mass is 10.1. The molecule has 1 amide bonds. The molecular weight excluding hydrogens is 336 g/mol. The first-order valence-corrected chi connectivity index (χ1v) is 11.6. The van der Waals surface area contributed by atoms with Gasteiger partial charge < -0.3 is 14.9 Å². The number of nitrogens with zero attached hydrogens (tertiary/aromatic N) is 2. The summed E-state index contributed by atoms with van der Waals surface area (Å²) in [6.07, 6.45) is 14.9. The highest BCUT2D eigenvalue weighted by atomic mass is 16.4. The molecule has 162 valence electrons. The van der Waals surface area contributed by atoms with E-state index in [-0.39, 0.29) is 5.54 Å². The average Bonchev–Trinajstić information content (AvgIpc) is 2.58. The highest BCUT2D eigenvalue weighted by Crippen LogP contribution is 2.14. The van der Waals surface area contributed by atoms with E-state index in [0.717, 1.165) is 19.6 Å². The summed E-state index contributed by atoms with van der Waals surface area (Å²) in [4.78, 5) is 15.7. The second-order valence-electron chi connectivity index (χ2n) is 8.98. The Kier molecular flexibility index (Phi) is 15.7. The molecule has 0 aromatic heterocycles. The molecule has 27 heavy (non-hydrogen) atoms. The molecule has 0 aromatic carbocycles. The van der Waals surface area contributed by atoms with Crippen LogP contribution in [0.3, 0.4) is 0 Å². The van der Waals surface area contributed by atoms with Gasteiger partial charge in [0.2, 0.25) is 0 Å². The van der Waals surface area contributed by atoms with E-state index < -0.39 is 6.09 Å². The summed E-state index contributed by atoms with van der Waals surface area (Å²) in [6.45, 7) is 14.1. The van der Waals surface area contributed by atoms with Crippen molar-refractivity contribution in [3.63, 3.8) is 0 Å². The van der Waals surface area contributed by atoms with Crippen molar-refractivity contribution >= 4 is 6.09 Å². The molecule has 0 aromatic rings. The predicted molar refractivity (Wildman–Crippen MR) is 118 cm³/mol. The predicted octanol–water partition coefficient (Wildman–Crippen LogP) is 6.79. The van der Waals surface area contributed by atoms with E-state index in [1.807, 2.05) is 20.8 Å². The van der Waals surface area contributed by atoms with E-state index in [0.29, 0.717) is 6.54 Å². The fraction of sp³-hybridized carbons (Fsp3) is 0.957. The molecule has 0 radical (unpaired) electrons. The van der Waals surface area contributed by atoms with Crippen molar-refractivity contribution < 1.29 is 9.90 Å². The van der Waals surface area contributed by atoms with Gasteiger partial charge in [0.1, 0.15) is 0 Å². The van der Waals surface area contributed by atoms with Gasteiger partial charge in [-0.15, -0.1) is 0 Å². The Bertz CT molecular complexity index is 337. The van der Waals surface area contributed by atoms with Crippen LogP contribution in [0.25, 0.3) is 0 Å². The zero-order chi connectivity index (χ0) is 20.5. The summed E-state index contributed by atoms with van der Waals surface area (Å²) >= 11 is 0. The molecule has 0 aliphatic rings. The maximum absolute atomic E-state index is 11.6. The Labute approximate surface area is 169 Å². The molecule has 0 saturated heterocycles. The Balaban J connectivity index is 4.33. The molecule has 0 bridgehead atoms. The molecule has 4 nitrogen and oxygen atoms in total. The van der Waals surface area contributed by atoms with Crippen LogP contribution in [0.2, 0.25) is 0 Å². The molecular formula is C23H48N2O2.